The van der Waals surface area contributed by atoms with Gasteiger partial charge in [-0.05, 0) is 19.1 Å². The Morgan fingerprint density at radius 3 is 2.88 bits per heavy atom. The number of nitriles is 1. The lowest BCUT2D eigenvalue weighted by atomic mass is 10.2. The first-order chi connectivity index (χ1) is 8.20. The summed E-state index contributed by atoms with van der Waals surface area (Å²) in [6.07, 6.45) is 0. The second-order valence-electron chi connectivity index (χ2n) is 3.43. The van der Waals surface area contributed by atoms with E-state index >= 15 is 0 Å². The van der Waals surface area contributed by atoms with Gasteiger partial charge in [0.05, 0.1) is 11.3 Å². The topological polar surface area (TPSA) is 78.9 Å². The molecule has 0 bridgehead atoms. The van der Waals surface area contributed by atoms with Crippen molar-refractivity contribution in [3.63, 3.8) is 0 Å². The number of aromatic nitrogens is 1. The number of nitrogens with zero attached hydrogens (tertiary/aromatic N) is 2. The molecule has 0 radical (unpaired) electrons. The summed E-state index contributed by atoms with van der Waals surface area (Å²) in [5.74, 6) is 0.160. The maximum absolute atomic E-state index is 11.8. The summed E-state index contributed by atoms with van der Waals surface area (Å²) >= 11 is 0. The summed E-state index contributed by atoms with van der Waals surface area (Å²) in [4.78, 5) is 11.8. The molecular weight excluding hydrogens is 218 g/mol. The number of carbonyl (C=O) groups excluding carboxylic acids is 1. The largest absolute Gasteiger partial charge is 0.361 e. The van der Waals surface area contributed by atoms with E-state index in [9.17, 15) is 4.79 Å². The van der Waals surface area contributed by atoms with E-state index in [2.05, 4.69) is 10.5 Å². The highest BCUT2D eigenvalue weighted by Gasteiger charge is 2.12. The van der Waals surface area contributed by atoms with Gasteiger partial charge in [0.15, 0.2) is 5.69 Å². The highest BCUT2D eigenvalue weighted by Crippen LogP contribution is 2.14. The molecule has 0 atom stereocenters. The van der Waals surface area contributed by atoms with Crippen LogP contribution in [0.4, 0.5) is 5.69 Å². The minimum absolute atomic E-state index is 0.190. The van der Waals surface area contributed by atoms with Crippen LogP contribution in [0.2, 0.25) is 0 Å². The molecule has 0 aliphatic rings. The number of benzene rings is 1. The zero-order chi connectivity index (χ0) is 12.3. The molecule has 1 aromatic heterocycles. The van der Waals surface area contributed by atoms with Crippen molar-refractivity contribution in [2.75, 3.05) is 5.32 Å². The second-order valence-corrected chi connectivity index (χ2v) is 3.43. The fourth-order valence-electron chi connectivity index (χ4n) is 1.35. The van der Waals surface area contributed by atoms with E-state index in [1.807, 2.05) is 6.07 Å². The lowest BCUT2D eigenvalue weighted by Gasteiger charge is -2.03. The van der Waals surface area contributed by atoms with Gasteiger partial charge in [-0.2, -0.15) is 5.26 Å². The van der Waals surface area contributed by atoms with Crippen molar-refractivity contribution in [1.82, 2.24) is 5.16 Å². The maximum atomic E-state index is 11.8. The SMILES string of the molecule is Cc1cc(C(=O)Nc2ccccc2C#N)no1. The van der Waals surface area contributed by atoms with Gasteiger partial charge >= 0.3 is 0 Å². The van der Waals surface area contributed by atoms with E-state index in [1.54, 1.807) is 31.2 Å². The molecule has 5 nitrogen and oxygen atoms in total. The van der Waals surface area contributed by atoms with Crippen molar-refractivity contribution in [3.05, 3.63) is 47.3 Å². The van der Waals surface area contributed by atoms with Crippen LogP contribution < -0.4 is 5.32 Å². The number of rotatable bonds is 2. The number of para-hydroxylation sites is 1. The van der Waals surface area contributed by atoms with E-state index in [0.29, 0.717) is 17.0 Å². The quantitative estimate of drug-likeness (QED) is 0.852. The summed E-state index contributed by atoms with van der Waals surface area (Å²) < 4.78 is 4.80. The summed E-state index contributed by atoms with van der Waals surface area (Å²) in [5, 5.41) is 15.1. The number of hydrogen-bond acceptors (Lipinski definition) is 4. The average Bonchev–Trinajstić information content (AvgIpc) is 2.77. The van der Waals surface area contributed by atoms with E-state index in [1.165, 1.54) is 6.07 Å². The number of anilines is 1. The minimum Gasteiger partial charge on any atom is -0.361 e. The first kappa shape index (κ1) is 10.9. The monoisotopic (exact) mass is 227 g/mol. The molecule has 0 spiro atoms. The van der Waals surface area contributed by atoms with E-state index in [-0.39, 0.29) is 5.69 Å². The molecule has 0 aliphatic carbocycles. The van der Waals surface area contributed by atoms with Gasteiger partial charge in [0, 0.05) is 6.07 Å². The van der Waals surface area contributed by atoms with Crippen molar-refractivity contribution in [3.8, 4) is 6.07 Å². The van der Waals surface area contributed by atoms with Crippen molar-refractivity contribution < 1.29 is 9.32 Å². The van der Waals surface area contributed by atoms with Crippen molar-refractivity contribution >= 4 is 11.6 Å². The highest BCUT2D eigenvalue weighted by molar-refractivity contribution is 6.03. The van der Waals surface area contributed by atoms with Gasteiger partial charge in [-0.15, -0.1) is 0 Å². The number of nitrogens with one attached hydrogen (secondary N) is 1. The second kappa shape index (κ2) is 4.49. The Labute approximate surface area is 97.7 Å². The third kappa shape index (κ3) is 2.32. The summed E-state index contributed by atoms with van der Waals surface area (Å²) in [5.41, 5.74) is 1.05. The van der Waals surface area contributed by atoms with E-state index in [0.717, 1.165) is 0 Å². The molecule has 17 heavy (non-hydrogen) atoms. The van der Waals surface area contributed by atoms with Crippen LogP contribution in [0.3, 0.4) is 0 Å². The van der Waals surface area contributed by atoms with E-state index < -0.39 is 5.91 Å². The van der Waals surface area contributed by atoms with Gasteiger partial charge in [0.1, 0.15) is 11.8 Å². The Hall–Kier alpha value is -2.61. The smallest absolute Gasteiger partial charge is 0.277 e. The van der Waals surface area contributed by atoms with Gasteiger partial charge in [0.2, 0.25) is 0 Å². The van der Waals surface area contributed by atoms with Crippen LogP contribution in [0.15, 0.2) is 34.9 Å². The number of carbonyl (C=O) groups is 1. The molecule has 5 heteroatoms. The van der Waals surface area contributed by atoms with Gasteiger partial charge < -0.3 is 9.84 Å². The molecule has 0 fully saturated rings. The summed E-state index contributed by atoms with van der Waals surface area (Å²) in [6.45, 7) is 1.70. The molecule has 1 N–H and O–H groups in total. The molecule has 1 heterocycles. The Kier molecular flexibility index (Phi) is 2.88. The molecule has 2 rings (SSSR count). The Balaban J connectivity index is 2.22. The number of amides is 1. The number of aryl methyl sites for hydroxylation is 1. The zero-order valence-electron chi connectivity index (χ0n) is 9.10. The Bertz CT molecular complexity index is 596. The fourth-order valence-corrected chi connectivity index (χ4v) is 1.35. The molecule has 2 aromatic rings. The zero-order valence-corrected chi connectivity index (χ0v) is 9.10. The van der Waals surface area contributed by atoms with Crippen LogP contribution in [0.25, 0.3) is 0 Å². The average molecular weight is 227 g/mol. The molecule has 0 unspecified atom stereocenters. The molecule has 1 amide bonds. The van der Waals surface area contributed by atoms with Gasteiger partial charge in [-0.25, -0.2) is 0 Å². The van der Waals surface area contributed by atoms with Crippen LogP contribution >= 0.6 is 0 Å². The third-order valence-electron chi connectivity index (χ3n) is 2.16. The Morgan fingerprint density at radius 1 is 1.47 bits per heavy atom. The van der Waals surface area contributed by atoms with Crippen molar-refractivity contribution in [1.29, 1.82) is 5.26 Å². The maximum Gasteiger partial charge on any atom is 0.277 e. The highest BCUT2D eigenvalue weighted by atomic mass is 16.5. The van der Waals surface area contributed by atoms with Crippen LogP contribution in [-0.4, -0.2) is 11.1 Å². The van der Waals surface area contributed by atoms with Crippen LogP contribution in [0, 0.1) is 18.3 Å². The number of hydrogen-bond donors (Lipinski definition) is 1. The first-order valence-corrected chi connectivity index (χ1v) is 4.94. The third-order valence-corrected chi connectivity index (χ3v) is 2.16. The lowest BCUT2D eigenvalue weighted by Crippen LogP contribution is -2.13. The normalized spacial score (nSPS) is 9.65. The van der Waals surface area contributed by atoms with Gasteiger partial charge in [-0.1, -0.05) is 17.3 Å². The molecule has 0 saturated carbocycles. The standard InChI is InChI=1S/C12H9N3O2/c1-8-6-11(15-17-8)12(16)14-10-5-3-2-4-9(10)7-13/h2-6H,1H3,(H,14,16). The molecular formula is C12H9N3O2. The van der Waals surface area contributed by atoms with Crippen LogP contribution in [-0.2, 0) is 0 Å². The molecule has 0 aliphatic heterocycles. The van der Waals surface area contributed by atoms with Gasteiger partial charge in [-0.3, -0.25) is 4.79 Å². The Morgan fingerprint density at radius 2 is 2.24 bits per heavy atom. The van der Waals surface area contributed by atoms with Crippen LogP contribution in [0.5, 0.6) is 0 Å². The predicted octanol–water partition coefficient (Wildman–Crippen LogP) is 2.11. The molecule has 0 saturated heterocycles. The first-order valence-electron chi connectivity index (χ1n) is 4.94. The summed E-state index contributed by atoms with van der Waals surface area (Å²) in [6, 6.07) is 10.3. The van der Waals surface area contributed by atoms with Gasteiger partial charge in [0.25, 0.3) is 5.91 Å². The lowest BCUT2D eigenvalue weighted by molar-refractivity contribution is 0.101. The fraction of sp³-hybridized carbons (Fsp3) is 0.0833. The van der Waals surface area contributed by atoms with Crippen molar-refractivity contribution in [2.24, 2.45) is 0 Å². The molecule has 1 aromatic carbocycles. The predicted molar refractivity (Wildman–Crippen MR) is 60.4 cm³/mol. The minimum atomic E-state index is -0.399. The van der Waals surface area contributed by atoms with E-state index in [4.69, 9.17) is 9.78 Å². The van der Waals surface area contributed by atoms with Crippen molar-refractivity contribution in [2.45, 2.75) is 6.92 Å². The summed E-state index contributed by atoms with van der Waals surface area (Å²) in [7, 11) is 0. The molecule has 84 valence electrons. The van der Waals surface area contributed by atoms with Crippen LogP contribution in [0.1, 0.15) is 21.8 Å².